The number of hydrogen-bond donors (Lipinski definition) is 1. The van der Waals surface area contributed by atoms with Crippen LogP contribution in [0.15, 0.2) is 30.5 Å². The van der Waals surface area contributed by atoms with E-state index in [4.69, 9.17) is 27.9 Å². The van der Waals surface area contributed by atoms with Crippen LogP contribution in [0.3, 0.4) is 0 Å². The van der Waals surface area contributed by atoms with Gasteiger partial charge in [0.15, 0.2) is 12.4 Å². The second-order valence-corrected chi connectivity index (χ2v) is 7.79. The number of nitrogens with one attached hydrogen (secondary N) is 1. The Hall–Kier alpha value is -2.72. The molecule has 3 aromatic rings. The molecule has 12 heteroatoms. The predicted molar refractivity (Wildman–Crippen MR) is 113 cm³/mol. The van der Waals surface area contributed by atoms with Gasteiger partial charge in [-0.2, -0.15) is 23.4 Å². The molecule has 1 amide bonds. The summed E-state index contributed by atoms with van der Waals surface area (Å²) in [7, 11) is 0. The molecule has 7 nitrogen and oxygen atoms in total. The van der Waals surface area contributed by atoms with Crippen molar-refractivity contribution in [1.82, 2.24) is 24.9 Å². The van der Waals surface area contributed by atoms with E-state index >= 15 is 0 Å². The Bertz CT molecular complexity index is 1110. The largest absolute Gasteiger partial charge is 0.471 e. The minimum atomic E-state index is -4.61. The van der Waals surface area contributed by atoms with Crippen LogP contribution in [0.25, 0.3) is 0 Å². The van der Waals surface area contributed by atoms with Gasteiger partial charge in [0.2, 0.25) is 0 Å². The summed E-state index contributed by atoms with van der Waals surface area (Å²) in [5, 5.41) is 10.6. The van der Waals surface area contributed by atoms with Crippen LogP contribution in [0.2, 0.25) is 10.0 Å². The van der Waals surface area contributed by atoms with Crippen molar-refractivity contribution in [2.75, 3.05) is 6.54 Å². The molecule has 0 unspecified atom stereocenters. The molecule has 3 rings (SSSR count). The maximum Gasteiger partial charge on any atom is 0.436 e. The summed E-state index contributed by atoms with van der Waals surface area (Å²) in [5.41, 5.74) is 0.188. The molecule has 0 saturated heterocycles. The molecule has 0 atom stereocenters. The van der Waals surface area contributed by atoms with Gasteiger partial charge in [-0.15, -0.1) is 0 Å². The summed E-state index contributed by atoms with van der Waals surface area (Å²) >= 11 is 11.7. The number of aryl methyl sites for hydroxylation is 2. The number of amides is 1. The fraction of sp³-hybridized carbons (Fsp3) is 0.350. The van der Waals surface area contributed by atoms with Crippen LogP contribution in [-0.2, 0) is 19.5 Å². The number of hydrogen-bond acceptors (Lipinski definition) is 4. The molecule has 0 spiro atoms. The molecule has 1 aromatic carbocycles. The van der Waals surface area contributed by atoms with Gasteiger partial charge in [0.25, 0.3) is 5.91 Å². The first-order chi connectivity index (χ1) is 15.1. The van der Waals surface area contributed by atoms with Gasteiger partial charge in [0.05, 0.1) is 10.7 Å². The molecule has 172 valence electrons. The summed E-state index contributed by atoms with van der Waals surface area (Å²) in [4.78, 5) is 12.2. The summed E-state index contributed by atoms with van der Waals surface area (Å²) in [6.07, 6.45) is -2.65. The lowest BCUT2D eigenvalue weighted by molar-refractivity contribution is -0.141. The van der Waals surface area contributed by atoms with Crippen LogP contribution in [0.4, 0.5) is 13.2 Å². The Balaban J connectivity index is 1.47. The third-order valence-corrected chi connectivity index (χ3v) is 5.48. The molecule has 2 heterocycles. The highest BCUT2D eigenvalue weighted by Gasteiger charge is 2.38. The van der Waals surface area contributed by atoms with Crippen LogP contribution in [0, 0.1) is 13.8 Å². The van der Waals surface area contributed by atoms with E-state index in [1.165, 1.54) is 16.3 Å². The number of rotatable bonds is 8. The topological polar surface area (TPSA) is 74.0 Å². The molecule has 32 heavy (non-hydrogen) atoms. The average molecular weight is 490 g/mol. The molecular formula is C20H20Cl2F3N5O2. The predicted octanol–water partition coefficient (Wildman–Crippen LogP) is 4.88. The van der Waals surface area contributed by atoms with E-state index in [0.717, 1.165) is 5.56 Å². The molecule has 2 aromatic heterocycles. The zero-order valence-corrected chi connectivity index (χ0v) is 18.7. The van der Waals surface area contributed by atoms with Gasteiger partial charge in [0.1, 0.15) is 11.4 Å². The lowest BCUT2D eigenvalue weighted by Gasteiger charge is -2.08. The van der Waals surface area contributed by atoms with Gasteiger partial charge in [-0.1, -0.05) is 23.2 Å². The SMILES string of the molecule is Cc1cc(OCn2ccc(C(=O)NCCCn3nc(C(F)(F)F)c(Cl)c3C)n2)ccc1Cl. The molecule has 1 N–H and O–H groups in total. The van der Waals surface area contributed by atoms with Crippen molar-refractivity contribution in [3.63, 3.8) is 0 Å². The number of aromatic nitrogens is 4. The Morgan fingerprint density at radius 3 is 2.59 bits per heavy atom. The van der Waals surface area contributed by atoms with E-state index in [0.29, 0.717) is 17.2 Å². The van der Waals surface area contributed by atoms with Crippen molar-refractivity contribution in [2.45, 2.75) is 39.7 Å². The lowest BCUT2D eigenvalue weighted by atomic mass is 10.2. The normalized spacial score (nSPS) is 11.6. The van der Waals surface area contributed by atoms with Crippen molar-refractivity contribution in [1.29, 1.82) is 0 Å². The number of carbonyl (C=O) groups excluding carboxylic acids is 1. The number of nitrogens with zero attached hydrogens (tertiary/aromatic N) is 4. The van der Waals surface area contributed by atoms with Crippen molar-refractivity contribution in [3.05, 3.63) is 63.2 Å². The minimum absolute atomic E-state index is 0.106. The summed E-state index contributed by atoms with van der Waals surface area (Å²) in [6, 6.07) is 6.81. The highest BCUT2D eigenvalue weighted by molar-refractivity contribution is 6.32. The van der Waals surface area contributed by atoms with Crippen LogP contribution in [0.5, 0.6) is 5.75 Å². The Morgan fingerprint density at radius 2 is 1.94 bits per heavy atom. The van der Waals surface area contributed by atoms with Gasteiger partial charge in [-0.25, -0.2) is 4.68 Å². The van der Waals surface area contributed by atoms with Crippen LogP contribution in [0.1, 0.15) is 33.9 Å². The van der Waals surface area contributed by atoms with Crippen molar-refractivity contribution in [3.8, 4) is 5.75 Å². The minimum Gasteiger partial charge on any atom is -0.471 e. The second kappa shape index (κ2) is 9.83. The molecule has 0 bridgehead atoms. The fourth-order valence-corrected chi connectivity index (χ4v) is 3.21. The Labute approximate surface area is 192 Å². The Morgan fingerprint density at radius 1 is 1.19 bits per heavy atom. The standard InChI is InChI=1S/C20H20Cl2F3N5O2/c1-12-10-14(4-5-15(12)21)32-11-29-9-6-16(27-29)19(31)26-7-3-8-30-13(2)17(22)18(28-30)20(23,24)25/h4-6,9-10H,3,7-8,11H2,1-2H3,(H,26,31). The number of halogens is 5. The van der Waals surface area contributed by atoms with Crippen molar-refractivity contribution >= 4 is 29.1 Å². The lowest BCUT2D eigenvalue weighted by Crippen LogP contribution is -2.26. The smallest absolute Gasteiger partial charge is 0.436 e. The van der Waals surface area contributed by atoms with E-state index in [-0.39, 0.29) is 31.2 Å². The molecule has 0 aliphatic heterocycles. The number of alkyl halides is 3. The molecule has 0 aliphatic carbocycles. The van der Waals surface area contributed by atoms with Crippen molar-refractivity contribution < 1.29 is 22.7 Å². The van der Waals surface area contributed by atoms with Gasteiger partial charge in [-0.3, -0.25) is 9.48 Å². The highest BCUT2D eigenvalue weighted by atomic mass is 35.5. The first kappa shape index (κ1) is 23.9. The second-order valence-electron chi connectivity index (χ2n) is 7.00. The maximum absolute atomic E-state index is 12.9. The zero-order chi connectivity index (χ0) is 23.5. The van der Waals surface area contributed by atoms with Gasteiger partial charge in [-0.05, 0) is 50.1 Å². The van der Waals surface area contributed by atoms with Gasteiger partial charge in [0, 0.05) is 24.3 Å². The highest BCUT2D eigenvalue weighted by Crippen LogP contribution is 2.35. The van der Waals surface area contributed by atoms with Crippen molar-refractivity contribution in [2.24, 2.45) is 0 Å². The number of carbonyl (C=O) groups is 1. The molecule has 0 saturated carbocycles. The number of benzene rings is 1. The van der Waals surface area contributed by atoms with E-state index in [1.54, 1.807) is 30.5 Å². The number of ether oxygens (including phenoxy) is 1. The first-order valence-corrected chi connectivity index (χ1v) is 10.3. The van der Waals surface area contributed by atoms with E-state index in [9.17, 15) is 18.0 Å². The Kier molecular flexibility index (Phi) is 7.35. The maximum atomic E-state index is 12.9. The summed E-state index contributed by atoms with van der Waals surface area (Å²) < 4.78 is 46.9. The van der Waals surface area contributed by atoms with Crippen LogP contribution < -0.4 is 10.1 Å². The monoisotopic (exact) mass is 489 g/mol. The third-order valence-electron chi connectivity index (χ3n) is 4.60. The van der Waals surface area contributed by atoms with E-state index < -0.39 is 22.8 Å². The summed E-state index contributed by atoms with van der Waals surface area (Å²) in [6.45, 7) is 3.83. The molecule has 0 fully saturated rings. The first-order valence-electron chi connectivity index (χ1n) is 9.57. The fourth-order valence-electron chi connectivity index (χ4n) is 2.85. The molecule has 0 aliphatic rings. The zero-order valence-electron chi connectivity index (χ0n) is 17.2. The third kappa shape index (κ3) is 5.74. The average Bonchev–Trinajstić information content (AvgIpc) is 3.32. The van der Waals surface area contributed by atoms with Crippen LogP contribution >= 0.6 is 23.2 Å². The van der Waals surface area contributed by atoms with E-state index in [1.807, 2.05) is 6.92 Å². The van der Waals surface area contributed by atoms with Gasteiger partial charge >= 0.3 is 6.18 Å². The molecular weight excluding hydrogens is 470 g/mol. The molecule has 0 radical (unpaired) electrons. The summed E-state index contributed by atoms with van der Waals surface area (Å²) in [5.74, 6) is 0.216. The van der Waals surface area contributed by atoms with E-state index in [2.05, 4.69) is 15.5 Å². The quantitative estimate of drug-likeness (QED) is 0.457. The van der Waals surface area contributed by atoms with Gasteiger partial charge < -0.3 is 10.1 Å². The van der Waals surface area contributed by atoms with Crippen LogP contribution in [-0.4, -0.2) is 32.0 Å².